The smallest absolute Gasteiger partial charge is 0.236 e. The Labute approximate surface area is 104 Å². The first-order valence-electron chi connectivity index (χ1n) is 6.74. The molecular weight excluding hydrogens is 216 g/mol. The zero-order chi connectivity index (χ0) is 12.7. The summed E-state index contributed by atoms with van der Waals surface area (Å²) in [5, 5.41) is 2.89. The normalized spacial score (nSPS) is 22.5. The second-order valence-corrected chi connectivity index (χ2v) is 5.30. The maximum absolute atomic E-state index is 11.6. The summed E-state index contributed by atoms with van der Waals surface area (Å²) in [6.07, 6.45) is 5.50. The topological polar surface area (TPSA) is 64.4 Å². The molecule has 0 radical (unpaired) electrons. The molecule has 2 atom stereocenters. The summed E-state index contributed by atoms with van der Waals surface area (Å²) in [7, 11) is 0. The van der Waals surface area contributed by atoms with Gasteiger partial charge < -0.3 is 15.8 Å². The predicted molar refractivity (Wildman–Crippen MR) is 68.6 cm³/mol. The van der Waals surface area contributed by atoms with Gasteiger partial charge in [0.1, 0.15) is 0 Å². The Balaban J connectivity index is 2.10. The average molecular weight is 242 g/mol. The number of hydrogen-bond acceptors (Lipinski definition) is 3. The van der Waals surface area contributed by atoms with Gasteiger partial charge in [-0.05, 0) is 38.0 Å². The average Bonchev–Trinajstić information content (AvgIpc) is 2.29. The van der Waals surface area contributed by atoms with E-state index in [4.69, 9.17) is 10.5 Å². The minimum absolute atomic E-state index is 0.0329. The molecule has 1 heterocycles. The molecule has 1 aliphatic heterocycles. The molecule has 17 heavy (non-hydrogen) atoms. The minimum Gasteiger partial charge on any atom is -0.378 e. The molecule has 4 nitrogen and oxygen atoms in total. The lowest BCUT2D eigenvalue weighted by Crippen LogP contribution is -2.42. The van der Waals surface area contributed by atoms with Gasteiger partial charge in [-0.2, -0.15) is 0 Å². The highest BCUT2D eigenvalue weighted by Crippen LogP contribution is 2.14. The zero-order valence-electron chi connectivity index (χ0n) is 11.1. The van der Waals surface area contributed by atoms with Crippen LogP contribution in [-0.2, 0) is 9.53 Å². The second-order valence-electron chi connectivity index (χ2n) is 5.30. The number of carbonyl (C=O) groups excluding carboxylic acids is 1. The molecule has 0 aliphatic carbocycles. The largest absolute Gasteiger partial charge is 0.378 e. The standard InChI is InChI=1S/C13H26N2O2/c1-10(2)9-12(14)13(16)15-7-6-11-5-3-4-8-17-11/h10-12H,3-9,14H2,1-2H3,(H,15,16)/t11?,12-/m1/s1. The van der Waals surface area contributed by atoms with Crippen LogP contribution in [0.1, 0.15) is 46.0 Å². The lowest BCUT2D eigenvalue weighted by molar-refractivity contribution is -0.122. The number of nitrogens with two attached hydrogens (primary N) is 1. The van der Waals surface area contributed by atoms with Crippen molar-refractivity contribution in [2.24, 2.45) is 11.7 Å². The van der Waals surface area contributed by atoms with E-state index in [-0.39, 0.29) is 11.9 Å². The number of rotatable bonds is 6. The molecule has 0 bridgehead atoms. The molecular formula is C13H26N2O2. The maximum Gasteiger partial charge on any atom is 0.236 e. The molecule has 4 heteroatoms. The molecule has 1 rings (SSSR count). The first-order chi connectivity index (χ1) is 8.09. The highest BCUT2D eigenvalue weighted by atomic mass is 16.5. The third-order valence-corrected chi connectivity index (χ3v) is 3.10. The monoisotopic (exact) mass is 242 g/mol. The number of amides is 1. The van der Waals surface area contributed by atoms with E-state index in [0.29, 0.717) is 18.6 Å². The van der Waals surface area contributed by atoms with Crippen LogP contribution < -0.4 is 11.1 Å². The van der Waals surface area contributed by atoms with Crippen molar-refractivity contribution in [3.05, 3.63) is 0 Å². The predicted octanol–water partition coefficient (Wildman–Crippen LogP) is 1.44. The summed E-state index contributed by atoms with van der Waals surface area (Å²) in [5.41, 5.74) is 5.79. The van der Waals surface area contributed by atoms with E-state index in [1.165, 1.54) is 12.8 Å². The van der Waals surface area contributed by atoms with Gasteiger partial charge in [-0.3, -0.25) is 4.79 Å². The molecule has 1 saturated heterocycles. The number of carbonyl (C=O) groups is 1. The highest BCUT2D eigenvalue weighted by molar-refractivity contribution is 5.81. The van der Waals surface area contributed by atoms with Crippen LogP contribution >= 0.6 is 0 Å². The van der Waals surface area contributed by atoms with Gasteiger partial charge in [0.25, 0.3) is 0 Å². The first kappa shape index (κ1) is 14.5. The van der Waals surface area contributed by atoms with Gasteiger partial charge in [-0.25, -0.2) is 0 Å². The SMILES string of the molecule is CC(C)C[C@@H](N)C(=O)NCCC1CCCCO1. The van der Waals surface area contributed by atoms with Gasteiger partial charge in [0, 0.05) is 13.2 Å². The van der Waals surface area contributed by atoms with E-state index in [9.17, 15) is 4.79 Å². The molecule has 100 valence electrons. The van der Waals surface area contributed by atoms with Crippen molar-refractivity contribution in [3.63, 3.8) is 0 Å². The fourth-order valence-electron chi connectivity index (χ4n) is 2.14. The number of hydrogen-bond donors (Lipinski definition) is 2. The van der Waals surface area contributed by atoms with Crippen LogP contribution in [0, 0.1) is 5.92 Å². The summed E-state index contributed by atoms with van der Waals surface area (Å²) in [6, 6.07) is -0.373. The third kappa shape index (κ3) is 6.03. The molecule has 1 fully saturated rings. The van der Waals surface area contributed by atoms with Crippen LogP contribution in [0.5, 0.6) is 0 Å². The van der Waals surface area contributed by atoms with E-state index in [1.807, 2.05) is 0 Å². The van der Waals surface area contributed by atoms with Crippen LogP contribution in [0.4, 0.5) is 0 Å². The fourth-order valence-corrected chi connectivity index (χ4v) is 2.14. The van der Waals surface area contributed by atoms with Crippen molar-refractivity contribution in [2.75, 3.05) is 13.2 Å². The lowest BCUT2D eigenvalue weighted by Gasteiger charge is -2.23. The minimum atomic E-state index is -0.373. The molecule has 0 aromatic rings. The van der Waals surface area contributed by atoms with Crippen molar-refractivity contribution >= 4 is 5.91 Å². The molecule has 1 unspecified atom stereocenters. The molecule has 3 N–H and O–H groups in total. The highest BCUT2D eigenvalue weighted by Gasteiger charge is 2.16. The van der Waals surface area contributed by atoms with E-state index >= 15 is 0 Å². The summed E-state index contributed by atoms with van der Waals surface area (Å²) in [5.74, 6) is 0.423. The number of nitrogens with one attached hydrogen (secondary N) is 1. The first-order valence-corrected chi connectivity index (χ1v) is 6.74. The van der Waals surface area contributed by atoms with Crippen molar-refractivity contribution in [1.29, 1.82) is 0 Å². The van der Waals surface area contributed by atoms with Gasteiger partial charge in [-0.15, -0.1) is 0 Å². The Bertz CT molecular complexity index is 225. The van der Waals surface area contributed by atoms with Crippen LogP contribution in [0.3, 0.4) is 0 Å². The van der Waals surface area contributed by atoms with Gasteiger partial charge in [0.2, 0.25) is 5.91 Å². The van der Waals surface area contributed by atoms with Crippen molar-refractivity contribution < 1.29 is 9.53 Å². The van der Waals surface area contributed by atoms with E-state index in [2.05, 4.69) is 19.2 Å². The molecule has 0 spiro atoms. The van der Waals surface area contributed by atoms with E-state index < -0.39 is 0 Å². The summed E-state index contributed by atoms with van der Waals surface area (Å²) in [4.78, 5) is 11.6. The van der Waals surface area contributed by atoms with Gasteiger partial charge in [0.05, 0.1) is 12.1 Å². The van der Waals surface area contributed by atoms with E-state index in [0.717, 1.165) is 25.9 Å². The van der Waals surface area contributed by atoms with Gasteiger partial charge >= 0.3 is 0 Å². The Morgan fingerprint density at radius 1 is 1.47 bits per heavy atom. The van der Waals surface area contributed by atoms with E-state index in [1.54, 1.807) is 0 Å². The molecule has 0 aromatic carbocycles. The summed E-state index contributed by atoms with van der Waals surface area (Å²) in [6.45, 7) is 5.69. The third-order valence-electron chi connectivity index (χ3n) is 3.10. The maximum atomic E-state index is 11.6. The summed E-state index contributed by atoms with van der Waals surface area (Å²) < 4.78 is 5.60. The van der Waals surface area contributed by atoms with Gasteiger partial charge in [0.15, 0.2) is 0 Å². The Morgan fingerprint density at radius 2 is 2.24 bits per heavy atom. The molecule has 1 aliphatic rings. The van der Waals surface area contributed by atoms with Crippen LogP contribution in [-0.4, -0.2) is 31.2 Å². The van der Waals surface area contributed by atoms with Gasteiger partial charge in [-0.1, -0.05) is 13.8 Å². The molecule has 1 amide bonds. The van der Waals surface area contributed by atoms with Crippen molar-refractivity contribution in [2.45, 2.75) is 58.1 Å². The van der Waals surface area contributed by atoms with Crippen molar-refractivity contribution in [3.8, 4) is 0 Å². The van der Waals surface area contributed by atoms with Crippen LogP contribution in [0.25, 0.3) is 0 Å². The quantitative estimate of drug-likeness (QED) is 0.740. The van der Waals surface area contributed by atoms with Crippen LogP contribution in [0.2, 0.25) is 0 Å². The zero-order valence-corrected chi connectivity index (χ0v) is 11.1. The van der Waals surface area contributed by atoms with Crippen molar-refractivity contribution in [1.82, 2.24) is 5.32 Å². The fraction of sp³-hybridized carbons (Fsp3) is 0.923. The summed E-state index contributed by atoms with van der Waals surface area (Å²) >= 11 is 0. The molecule has 0 saturated carbocycles. The Kier molecular flexibility index (Phi) is 6.52. The second kappa shape index (κ2) is 7.67. The number of ether oxygens (including phenoxy) is 1. The molecule has 0 aromatic heterocycles. The Morgan fingerprint density at radius 3 is 2.82 bits per heavy atom. The van der Waals surface area contributed by atoms with Crippen LogP contribution in [0.15, 0.2) is 0 Å². The Hall–Kier alpha value is -0.610. The lowest BCUT2D eigenvalue weighted by atomic mass is 10.0.